The predicted octanol–water partition coefficient (Wildman–Crippen LogP) is 1.33. The minimum atomic E-state index is -0.0998. The van der Waals surface area contributed by atoms with E-state index in [1.165, 1.54) is 11.5 Å². The Labute approximate surface area is 121 Å². The lowest BCUT2D eigenvalue weighted by atomic mass is 10.1. The van der Waals surface area contributed by atoms with Crippen molar-refractivity contribution in [2.75, 3.05) is 18.0 Å². The Kier molecular flexibility index (Phi) is 3.87. The maximum absolute atomic E-state index is 12.0. The van der Waals surface area contributed by atoms with Gasteiger partial charge in [-0.3, -0.25) is 4.79 Å². The lowest BCUT2D eigenvalue weighted by molar-refractivity contribution is 0.0929. The molecule has 1 N–H and O–H groups in total. The zero-order valence-corrected chi connectivity index (χ0v) is 11.7. The summed E-state index contributed by atoms with van der Waals surface area (Å²) in [6.07, 6.45) is 3.67. The number of anilines is 1. The number of carbonyl (C=O) groups is 1. The summed E-state index contributed by atoms with van der Waals surface area (Å²) in [5.41, 5.74) is 0.492. The molecule has 1 atom stereocenters. The van der Waals surface area contributed by atoms with Crippen molar-refractivity contribution in [1.29, 1.82) is 0 Å². The smallest absolute Gasteiger partial charge is 0.271 e. The first-order chi connectivity index (χ1) is 9.83. The van der Waals surface area contributed by atoms with Gasteiger partial charge in [0.1, 0.15) is 5.69 Å². The summed E-state index contributed by atoms with van der Waals surface area (Å²) in [5.74, 6) is 0.761. The minimum Gasteiger partial charge on any atom is -0.353 e. The third-order valence-corrected chi connectivity index (χ3v) is 3.87. The molecule has 3 heterocycles. The highest BCUT2D eigenvalue weighted by Gasteiger charge is 2.23. The molecule has 1 unspecified atom stereocenters. The van der Waals surface area contributed by atoms with Crippen LogP contribution in [0.2, 0.25) is 0 Å². The highest BCUT2D eigenvalue weighted by Crippen LogP contribution is 2.17. The summed E-state index contributed by atoms with van der Waals surface area (Å²) in [7, 11) is 0. The average molecular weight is 289 g/mol. The molecule has 0 saturated carbocycles. The van der Waals surface area contributed by atoms with Crippen LogP contribution in [0.5, 0.6) is 0 Å². The summed E-state index contributed by atoms with van der Waals surface area (Å²) < 4.78 is 4.05. The van der Waals surface area contributed by atoms with E-state index in [1.54, 1.807) is 12.3 Å². The van der Waals surface area contributed by atoms with Crippen LogP contribution in [0.3, 0.4) is 0 Å². The van der Waals surface area contributed by atoms with E-state index in [9.17, 15) is 4.79 Å². The van der Waals surface area contributed by atoms with Crippen molar-refractivity contribution in [3.05, 3.63) is 35.5 Å². The molecule has 2 aromatic heterocycles. The molecule has 2 aromatic rings. The first-order valence-electron chi connectivity index (χ1n) is 6.57. The molecule has 1 aliphatic heterocycles. The van der Waals surface area contributed by atoms with Crippen molar-refractivity contribution < 1.29 is 4.79 Å². The van der Waals surface area contributed by atoms with Gasteiger partial charge >= 0.3 is 0 Å². The summed E-state index contributed by atoms with van der Waals surface area (Å²) in [5, 5.41) is 12.9. The second-order valence-electron chi connectivity index (χ2n) is 4.73. The van der Waals surface area contributed by atoms with E-state index < -0.39 is 0 Å². The van der Waals surface area contributed by atoms with Gasteiger partial charge in [0.2, 0.25) is 0 Å². The maximum atomic E-state index is 12.0. The lowest BCUT2D eigenvalue weighted by Gasteiger charge is -2.33. The van der Waals surface area contributed by atoms with E-state index in [0.29, 0.717) is 5.69 Å². The summed E-state index contributed by atoms with van der Waals surface area (Å²) in [6.45, 7) is 1.70. The van der Waals surface area contributed by atoms with Crippen LogP contribution in [0.1, 0.15) is 23.3 Å². The molecule has 1 saturated heterocycles. The number of nitrogens with zero attached hydrogens (tertiary/aromatic N) is 4. The number of hydrogen-bond donors (Lipinski definition) is 1. The van der Waals surface area contributed by atoms with Crippen LogP contribution in [0.15, 0.2) is 29.8 Å². The molecule has 1 aliphatic rings. The summed E-state index contributed by atoms with van der Waals surface area (Å²) in [6, 6.07) is 5.68. The van der Waals surface area contributed by atoms with Gasteiger partial charge in [-0.2, -0.15) is 9.47 Å². The molecule has 20 heavy (non-hydrogen) atoms. The Hall–Kier alpha value is -2.02. The fourth-order valence-electron chi connectivity index (χ4n) is 2.35. The fourth-order valence-corrected chi connectivity index (χ4v) is 2.86. The van der Waals surface area contributed by atoms with Crippen molar-refractivity contribution in [3.8, 4) is 0 Å². The van der Waals surface area contributed by atoms with Crippen molar-refractivity contribution in [1.82, 2.24) is 19.9 Å². The van der Waals surface area contributed by atoms with Gasteiger partial charge in [-0.25, -0.2) is 0 Å². The second kappa shape index (κ2) is 5.96. The fraction of sp³-hybridized carbons (Fsp3) is 0.385. The SMILES string of the molecule is O=C(NC1CCCN(c2cccnn2)C1)c1ccsn1. The maximum Gasteiger partial charge on any atom is 0.271 e. The van der Waals surface area contributed by atoms with Crippen LogP contribution < -0.4 is 10.2 Å². The Morgan fingerprint density at radius 2 is 2.40 bits per heavy atom. The van der Waals surface area contributed by atoms with Gasteiger partial charge in [0, 0.05) is 30.7 Å². The highest BCUT2D eigenvalue weighted by atomic mass is 32.1. The van der Waals surface area contributed by atoms with E-state index in [0.717, 1.165) is 31.7 Å². The van der Waals surface area contributed by atoms with Gasteiger partial charge in [-0.15, -0.1) is 5.10 Å². The summed E-state index contributed by atoms with van der Waals surface area (Å²) >= 11 is 1.29. The minimum absolute atomic E-state index is 0.0998. The van der Waals surface area contributed by atoms with Gasteiger partial charge in [-0.05, 0) is 42.6 Å². The number of carbonyl (C=O) groups excluding carboxylic acids is 1. The standard InChI is InChI=1S/C13H15N5OS/c19-13(11-5-8-20-17-11)15-10-3-2-7-18(9-10)12-4-1-6-14-16-12/h1,4-6,8,10H,2-3,7,9H2,(H,15,19). The van der Waals surface area contributed by atoms with E-state index in [1.807, 2.05) is 17.5 Å². The largest absolute Gasteiger partial charge is 0.353 e. The molecule has 0 radical (unpaired) electrons. The number of nitrogens with one attached hydrogen (secondary N) is 1. The van der Waals surface area contributed by atoms with Crippen molar-refractivity contribution in [2.45, 2.75) is 18.9 Å². The molecule has 0 spiro atoms. The molecular weight excluding hydrogens is 274 g/mol. The Bertz CT molecular complexity index is 559. The normalized spacial score (nSPS) is 18.8. The zero-order valence-electron chi connectivity index (χ0n) is 10.9. The van der Waals surface area contributed by atoms with E-state index in [-0.39, 0.29) is 11.9 Å². The highest BCUT2D eigenvalue weighted by molar-refractivity contribution is 7.03. The van der Waals surface area contributed by atoms with Crippen LogP contribution in [0.4, 0.5) is 5.82 Å². The average Bonchev–Trinajstić information content (AvgIpc) is 3.03. The molecule has 0 aromatic carbocycles. The van der Waals surface area contributed by atoms with Crippen molar-refractivity contribution in [2.24, 2.45) is 0 Å². The van der Waals surface area contributed by atoms with E-state index in [2.05, 4.69) is 24.8 Å². The van der Waals surface area contributed by atoms with Crippen LogP contribution >= 0.6 is 11.5 Å². The third kappa shape index (κ3) is 2.93. The van der Waals surface area contributed by atoms with Crippen molar-refractivity contribution in [3.63, 3.8) is 0 Å². The molecule has 1 fully saturated rings. The Morgan fingerprint density at radius 3 is 3.15 bits per heavy atom. The van der Waals surface area contributed by atoms with Crippen LogP contribution in [-0.2, 0) is 0 Å². The number of hydrogen-bond acceptors (Lipinski definition) is 6. The molecule has 3 rings (SSSR count). The third-order valence-electron chi connectivity index (χ3n) is 3.31. The van der Waals surface area contributed by atoms with Crippen LogP contribution in [0.25, 0.3) is 0 Å². The molecule has 7 heteroatoms. The quantitative estimate of drug-likeness (QED) is 0.923. The molecule has 0 aliphatic carbocycles. The number of amides is 1. The van der Waals surface area contributed by atoms with E-state index >= 15 is 0 Å². The molecule has 0 bridgehead atoms. The second-order valence-corrected chi connectivity index (χ2v) is 5.39. The van der Waals surface area contributed by atoms with Gasteiger partial charge < -0.3 is 10.2 Å². The molecule has 104 valence electrons. The van der Waals surface area contributed by atoms with E-state index in [4.69, 9.17) is 0 Å². The summed E-state index contributed by atoms with van der Waals surface area (Å²) in [4.78, 5) is 14.2. The van der Waals surface area contributed by atoms with Gasteiger partial charge in [0.25, 0.3) is 5.91 Å². The zero-order chi connectivity index (χ0) is 13.8. The molecular formula is C13H15N5OS. The predicted molar refractivity (Wildman–Crippen MR) is 76.8 cm³/mol. The topological polar surface area (TPSA) is 71.0 Å². The van der Waals surface area contributed by atoms with Gasteiger partial charge in [0.05, 0.1) is 0 Å². The molecule has 1 amide bonds. The number of piperidine rings is 1. The monoisotopic (exact) mass is 289 g/mol. The first kappa shape index (κ1) is 13.0. The molecule has 6 nitrogen and oxygen atoms in total. The van der Waals surface area contributed by atoms with Gasteiger partial charge in [-0.1, -0.05) is 0 Å². The Morgan fingerprint density at radius 1 is 1.45 bits per heavy atom. The number of aromatic nitrogens is 3. The Balaban J connectivity index is 1.62. The lowest BCUT2D eigenvalue weighted by Crippen LogP contribution is -2.48. The number of rotatable bonds is 3. The van der Waals surface area contributed by atoms with Crippen LogP contribution in [0, 0.1) is 0 Å². The van der Waals surface area contributed by atoms with Gasteiger partial charge in [0.15, 0.2) is 5.82 Å². The van der Waals surface area contributed by atoms with Crippen LogP contribution in [-0.4, -0.2) is 39.6 Å². The van der Waals surface area contributed by atoms with Crippen molar-refractivity contribution >= 4 is 23.3 Å². The first-order valence-corrected chi connectivity index (χ1v) is 7.40.